The Balaban J connectivity index is 2.24. The zero-order valence-corrected chi connectivity index (χ0v) is 11.9. The quantitative estimate of drug-likeness (QED) is 0.822. The van der Waals surface area contributed by atoms with Crippen LogP contribution in [0.25, 0.3) is 0 Å². The molecule has 1 heterocycles. The first-order valence-corrected chi connectivity index (χ1v) is 7.21. The fourth-order valence-corrected chi connectivity index (χ4v) is 2.74. The molecule has 1 aromatic heterocycles. The number of rotatable bonds is 6. The Labute approximate surface area is 115 Å². The van der Waals surface area contributed by atoms with Crippen LogP contribution in [0.2, 0.25) is 0 Å². The highest BCUT2D eigenvalue weighted by atomic mass is 16.3. The predicted molar refractivity (Wildman–Crippen MR) is 77.6 cm³/mol. The Hall–Kier alpha value is -1.36. The number of hydrogen-bond donors (Lipinski definition) is 2. The average molecular weight is 264 g/mol. The summed E-state index contributed by atoms with van der Waals surface area (Å²) in [7, 11) is 0. The second-order valence-corrected chi connectivity index (χ2v) is 5.08. The van der Waals surface area contributed by atoms with E-state index in [1.807, 2.05) is 19.9 Å². The van der Waals surface area contributed by atoms with Crippen LogP contribution in [-0.4, -0.2) is 40.8 Å². The molecule has 1 saturated carbocycles. The van der Waals surface area contributed by atoms with Gasteiger partial charge in [0.15, 0.2) is 0 Å². The van der Waals surface area contributed by atoms with Crippen molar-refractivity contribution in [2.24, 2.45) is 0 Å². The van der Waals surface area contributed by atoms with Gasteiger partial charge in [-0.3, -0.25) is 0 Å². The fourth-order valence-electron chi connectivity index (χ4n) is 2.74. The van der Waals surface area contributed by atoms with Gasteiger partial charge >= 0.3 is 0 Å². The normalized spacial score (nSPS) is 15.7. The zero-order chi connectivity index (χ0) is 13.7. The molecular weight excluding hydrogens is 240 g/mol. The molecule has 2 rings (SSSR count). The number of nitrogens with one attached hydrogen (secondary N) is 1. The summed E-state index contributed by atoms with van der Waals surface area (Å²) in [5.74, 6) is 1.61. The fraction of sp³-hybridized carbons (Fsp3) is 0.714. The lowest BCUT2D eigenvalue weighted by atomic mass is 10.2. The first kappa shape index (κ1) is 14.1. The Morgan fingerprint density at radius 1 is 1.37 bits per heavy atom. The summed E-state index contributed by atoms with van der Waals surface area (Å²) < 4.78 is 0. The second-order valence-electron chi connectivity index (χ2n) is 5.08. The molecule has 1 aliphatic carbocycles. The van der Waals surface area contributed by atoms with Crippen LogP contribution in [0.5, 0.6) is 0 Å². The van der Waals surface area contributed by atoms with Gasteiger partial charge in [-0.15, -0.1) is 0 Å². The van der Waals surface area contributed by atoms with Crippen molar-refractivity contribution in [1.82, 2.24) is 9.97 Å². The molecule has 0 spiro atoms. The molecule has 0 atom stereocenters. The zero-order valence-electron chi connectivity index (χ0n) is 11.9. The molecule has 0 unspecified atom stereocenters. The Kier molecular flexibility index (Phi) is 4.96. The molecule has 5 nitrogen and oxygen atoms in total. The third-order valence-corrected chi connectivity index (χ3v) is 3.58. The van der Waals surface area contributed by atoms with E-state index in [-0.39, 0.29) is 6.61 Å². The van der Waals surface area contributed by atoms with Gasteiger partial charge in [0.05, 0.1) is 6.61 Å². The van der Waals surface area contributed by atoms with Crippen molar-refractivity contribution in [3.63, 3.8) is 0 Å². The summed E-state index contributed by atoms with van der Waals surface area (Å²) in [6.45, 7) is 5.64. The van der Waals surface area contributed by atoms with E-state index in [1.54, 1.807) is 0 Å². The molecule has 0 radical (unpaired) electrons. The van der Waals surface area contributed by atoms with Crippen molar-refractivity contribution in [2.75, 3.05) is 29.9 Å². The third-order valence-electron chi connectivity index (χ3n) is 3.58. The molecule has 19 heavy (non-hydrogen) atoms. The number of nitrogens with zero attached hydrogens (tertiary/aromatic N) is 3. The Bertz CT molecular complexity index is 404. The van der Waals surface area contributed by atoms with Crippen molar-refractivity contribution >= 4 is 11.8 Å². The standard InChI is InChI=1S/C14H24N4O/c1-3-15-14-16-11(2)10-13(17-14)18(8-9-19)12-6-4-5-7-12/h10,12,19H,3-9H2,1-2H3,(H,15,16,17). The number of aliphatic hydroxyl groups is 1. The van der Waals surface area contributed by atoms with Crippen LogP contribution in [0.4, 0.5) is 11.8 Å². The molecule has 1 fully saturated rings. The van der Waals surface area contributed by atoms with Crippen LogP contribution >= 0.6 is 0 Å². The molecular formula is C14H24N4O. The monoisotopic (exact) mass is 264 g/mol. The highest BCUT2D eigenvalue weighted by Gasteiger charge is 2.23. The van der Waals surface area contributed by atoms with Gasteiger partial charge in [-0.05, 0) is 26.7 Å². The van der Waals surface area contributed by atoms with Gasteiger partial charge in [-0.25, -0.2) is 4.98 Å². The van der Waals surface area contributed by atoms with Crippen LogP contribution < -0.4 is 10.2 Å². The number of aliphatic hydroxyl groups excluding tert-OH is 1. The van der Waals surface area contributed by atoms with E-state index in [2.05, 4.69) is 20.2 Å². The summed E-state index contributed by atoms with van der Waals surface area (Å²) in [5, 5.41) is 12.5. The van der Waals surface area contributed by atoms with Crippen LogP contribution in [0.15, 0.2) is 6.07 Å². The molecule has 106 valence electrons. The van der Waals surface area contributed by atoms with E-state index in [0.29, 0.717) is 18.5 Å². The molecule has 0 saturated heterocycles. The lowest BCUT2D eigenvalue weighted by molar-refractivity contribution is 0.297. The molecule has 0 bridgehead atoms. The van der Waals surface area contributed by atoms with Gasteiger partial charge in [-0.2, -0.15) is 4.98 Å². The van der Waals surface area contributed by atoms with Crippen molar-refractivity contribution in [3.05, 3.63) is 11.8 Å². The predicted octanol–water partition coefficient (Wildman–Crippen LogP) is 1.96. The van der Waals surface area contributed by atoms with Crippen LogP contribution in [-0.2, 0) is 0 Å². The summed E-state index contributed by atoms with van der Waals surface area (Å²) in [4.78, 5) is 11.2. The van der Waals surface area contributed by atoms with Gasteiger partial charge in [0.25, 0.3) is 0 Å². The smallest absolute Gasteiger partial charge is 0.224 e. The summed E-state index contributed by atoms with van der Waals surface area (Å²) >= 11 is 0. The van der Waals surface area contributed by atoms with E-state index in [9.17, 15) is 5.11 Å². The van der Waals surface area contributed by atoms with Gasteiger partial charge in [0, 0.05) is 30.9 Å². The van der Waals surface area contributed by atoms with E-state index in [1.165, 1.54) is 25.7 Å². The van der Waals surface area contributed by atoms with Crippen LogP contribution in [0.3, 0.4) is 0 Å². The summed E-state index contributed by atoms with van der Waals surface area (Å²) in [6, 6.07) is 2.52. The highest BCUT2D eigenvalue weighted by molar-refractivity contribution is 5.46. The number of aromatic nitrogens is 2. The molecule has 0 aromatic carbocycles. The lowest BCUT2D eigenvalue weighted by Gasteiger charge is -2.29. The van der Waals surface area contributed by atoms with Gasteiger partial charge in [-0.1, -0.05) is 12.8 Å². The number of anilines is 2. The Morgan fingerprint density at radius 3 is 2.74 bits per heavy atom. The minimum absolute atomic E-state index is 0.163. The minimum Gasteiger partial charge on any atom is -0.395 e. The SMILES string of the molecule is CCNc1nc(C)cc(N(CCO)C2CCCC2)n1. The summed E-state index contributed by atoms with van der Waals surface area (Å²) in [5.41, 5.74) is 0.960. The topological polar surface area (TPSA) is 61.3 Å². The minimum atomic E-state index is 0.163. The lowest BCUT2D eigenvalue weighted by Crippen LogP contribution is -2.36. The first-order valence-electron chi connectivity index (χ1n) is 7.21. The number of hydrogen-bond acceptors (Lipinski definition) is 5. The van der Waals surface area contributed by atoms with Gasteiger partial charge < -0.3 is 15.3 Å². The molecule has 2 N–H and O–H groups in total. The van der Waals surface area contributed by atoms with Crippen molar-refractivity contribution < 1.29 is 5.11 Å². The first-order chi connectivity index (χ1) is 9.24. The van der Waals surface area contributed by atoms with E-state index in [0.717, 1.165) is 18.1 Å². The third kappa shape index (κ3) is 3.56. The largest absolute Gasteiger partial charge is 0.395 e. The summed E-state index contributed by atoms with van der Waals surface area (Å²) in [6.07, 6.45) is 4.94. The highest BCUT2D eigenvalue weighted by Crippen LogP contribution is 2.27. The van der Waals surface area contributed by atoms with E-state index in [4.69, 9.17) is 0 Å². The van der Waals surface area contributed by atoms with Crippen molar-refractivity contribution in [2.45, 2.75) is 45.6 Å². The van der Waals surface area contributed by atoms with Crippen molar-refractivity contribution in [1.29, 1.82) is 0 Å². The van der Waals surface area contributed by atoms with Crippen LogP contribution in [0.1, 0.15) is 38.3 Å². The van der Waals surface area contributed by atoms with Crippen molar-refractivity contribution in [3.8, 4) is 0 Å². The maximum Gasteiger partial charge on any atom is 0.224 e. The molecule has 0 aliphatic heterocycles. The molecule has 1 aliphatic rings. The molecule has 5 heteroatoms. The van der Waals surface area contributed by atoms with Gasteiger partial charge in [0.1, 0.15) is 5.82 Å². The van der Waals surface area contributed by atoms with Crippen LogP contribution in [0, 0.1) is 6.92 Å². The van der Waals surface area contributed by atoms with E-state index >= 15 is 0 Å². The maximum atomic E-state index is 9.30. The molecule has 0 amide bonds. The molecule has 1 aromatic rings. The average Bonchev–Trinajstić information content (AvgIpc) is 2.89. The second kappa shape index (κ2) is 6.70. The number of aryl methyl sites for hydroxylation is 1. The maximum absolute atomic E-state index is 9.30. The van der Waals surface area contributed by atoms with Gasteiger partial charge in [0.2, 0.25) is 5.95 Å². The Morgan fingerprint density at radius 2 is 2.11 bits per heavy atom. The van der Waals surface area contributed by atoms with E-state index < -0.39 is 0 Å².